The summed E-state index contributed by atoms with van der Waals surface area (Å²) in [7, 11) is -0.608. The number of carbonyl (C=O) groups is 1. The van der Waals surface area contributed by atoms with E-state index < -0.39 is 10.0 Å². The average Bonchev–Trinajstić information content (AvgIpc) is 2.63. The standard InChI is InChI=1S/C17H20ClN3O4S/c1-21(26(23,24)15-8-6-14(25-2)7-9-15)11-3-4-17(22)20-16-10-5-13(18)12-19-16/h5-10,12H,3-4,11H2,1-2H3,(H,19,20,22). The van der Waals surface area contributed by atoms with Crippen LogP contribution in [0.4, 0.5) is 5.82 Å². The molecule has 1 amide bonds. The number of halogens is 1. The number of aromatic nitrogens is 1. The number of nitrogens with one attached hydrogen (secondary N) is 1. The van der Waals surface area contributed by atoms with Gasteiger partial charge >= 0.3 is 0 Å². The topological polar surface area (TPSA) is 88.6 Å². The fraction of sp³-hybridized carbons (Fsp3) is 0.294. The van der Waals surface area contributed by atoms with Gasteiger partial charge in [0, 0.05) is 26.2 Å². The van der Waals surface area contributed by atoms with Gasteiger partial charge in [-0.1, -0.05) is 11.6 Å². The summed E-state index contributed by atoms with van der Waals surface area (Å²) >= 11 is 5.73. The number of anilines is 1. The van der Waals surface area contributed by atoms with Crippen molar-refractivity contribution < 1.29 is 17.9 Å². The number of benzene rings is 1. The van der Waals surface area contributed by atoms with E-state index in [1.165, 1.54) is 36.8 Å². The molecule has 0 saturated heterocycles. The van der Waals surface area contributed by atoms with E-state index in [2.05, 4.69) is 10.3 Å². The van der Waals surface area contributed by atoms with Crippen molar-refractivity contribution >= 4 is 33.3 Å². The van der Waals surface area contributed by atoms with E-state index in [4.69, 9.17) is 16.3 Å². The molecule has 0 atom stereocenters. The maximum atomic E-state index is 12.5. The van der Waals surface area contributed by atoms with Crippen LogP contribution in [-0.4, -0.2) is 44.3 Å². The fourth-order valence-electron chi connectivity index (χ4n) is 2.17. The lowest BCUT2D eigenvalue weighted by molar-refractivity contribution is -0.116. The van der Waals surface area contributed by atoms with Gasteiger partial charge in [0.05, 0.1) is 17.0 Å². The predicted molar refractivity (Wildman–Crippen MR) is 99.9 cm³/mol. The number of hydrogen-bond donors (Lipinski definition) is 1. The third kappa shape index (κ3) is 5.42. The summed E-state index contributed by atoms with van der Waals surface area (Å²) in [5.41, 5.74) is 0. The SMILES string of the molecule is COc1ccc(S(=O)(=O)N(C)CCCC(=O)Nc2ccc(Cl)cn2)cc1. The first-order valence-corrected chi connectivity index (χ1v) is 9.66. The third-order valence-corrected chi connectivity index (χ3v) is 5.73. The van der Waals surface area contributed by atoms with Gasteiger partial charge in [0.25, 0.3) is 0 Å². The van der Waals surface area contributed by atoms with Crippen molar-refractivity contribution in [2.24, 2.45) is 0 Å². The molecule has 0 fully saturated rings. The molecular formula is C17H20ClN3O4S. The van der Waals surface area contributed by atoms with Crippen LogP contribution in [0.1, 0.15) is 12.8 Å². The summed E-state index contributed by atoms with van der Waals surface area (Å²) in [5, 5.41) is 3.12. The zero-order valence-electron chi connectivity index (χ0n) is 14.5. The zero-order valence-corrected chi connectivity index (χ0v) is 16.0. The largest absolute Gasteiger partial charge is 0.497 e. The molecule has 1 aromatic heterocycles. The van der Waals surface area contributed by atoms with E-state index in [-0.39, 0.29) is 23.8 Å². The van der Waals surface area contributed by atoms with Crippen LogP contribution in [-0.2, 0) is 14.8 Å². The van der Waals surface area contributed by atoms with Gasteiger partial charge in [0.2, 0.25) is 15.9 Å². The molecule has 2 aromatic rings. The van der Waals surface area contributed by atoms with Crippen molar-refractivity contribution in [3.63, 3.8) is 0 Å². The van der Waals surface area contributed by atoms with Crippen LogP contribution in [0, 0.1) is 0 Å². The first-order chi connectivity index (χ1) is 12.3. The number of nitrogens with zero attached hydrogens (tertiary/aromatic N) is 2. The van der Waals surface area contributed by atoms with Crippen LogP contribution in [0.3, 0.4) is 0 Å². The molecule has 1 heterocycles. The molecule has 140 valence electrons. The first kappa shape index (κ1) is 20.2. The van der Waals surface area contributed by atoms with Crippen LogP contribution in [0.15, 0.2) is 47.5 Å². The average molecular weight is 398 g/mol. The molecule has 0 saturated carbocycles. The molecule has 7 nitrogen and oxygen atoms in total. The number of amides is 1. The molecule has 1 N–H and O–H groups in total. The highest BCUT2D eigenvalue weighted by Crippen LogP contribution is 2.19. The Morgan fingerprint density at radius 3 is 2.50 bits per heavy atom. The number of hydrogen-bond acceptors (Lipinski definition) is 5. The Hall–Kier alpha value is -2.16. The summed E-state index contributed by atoms with van der Waals surface area (Å²) in [6.07, 6.45) is 1.99. The van der Waals surface area contributed by atoms with Gasteiger partial charge in [0.15, 0.2) is 0 Å². The molecule has 26 heavy (non-hydrogen) atoms. The molecule has 9 heteroatoms. The van der Waals surface area contributed by atoms with Gasteiger partial charge in [-0.15, -0.1) is 0 Å². The Morgan fingerprint density at radius 2 is 1.92 bits per heavy atom. The first-order valence-electron chi connectivity index (χ1n) is 7.85. The summed E-state index contributed by atoms with van der Waals surface area (Å²) < 4.78 is 31.2. The second-order valence-corrected chi connectivity index (χ2v) is 8.00. The van der Waals surface area contributed by atoms with Crippen LogP contribution < -0.4 is 10.1 Å². The Morgan fingerprint density at radius 1 is 1.23 bits per heavy atom. The van der Waals surface area contributed by atoms with E-state index in [0.717, 1.165) is 0 Å². The molecule has 2 rings (SSSR count). The summed E-state index contributed by atoms with van der Waals surface area (Å²) in [6, 6.07) is 9.38. The number of sulfonamides is 1. The lowest BCUT2D eigenvalue weighted by atomic mass is 10.3. The summed E-state index contributed by atoms with van der Waals surface area (Å²) in [5.74, 6) is 0.743. The minimum absolute atomic E-state index is 0.173. The second-order valence-electron chi connectivity index (χ2n) is 5.52. The zero-order chi connectivity index (χ0) is 19.2. The van der Waals surface area contributed by atoms with Gasteiger partial charge in [-0.25, -0.2) is 17.7 Å². The molecule has 1 aromatic carbocycles. The Kier molecular flexibility index (Phi) is 6.96. The molecule has 0 radical (unpaired) electrons. The predicted octanol–water partition coefficient (Wildman–Crippen LogP) is 2.78. The minimum atomic E-state index is -3.61. The molecule has 0 spiro atoms. The highest BCUT2D eigenvalue weighted by atomic mass is 35.5. The Bertz CT molecular complexity index is 839. The third-order valence-electron chi connectivity index (χ3n) is 3.64. The van der Waals surface area contributed by atoms with Crippen LogP contribution >= 0.6 is 11.6 Å². The maximum Gasteiger partial charge on any atom is 0.242 e. The van der Waals surface area contributed by atoms with Crippen LogP contribution in [0.25, 0.3) is 0 Å². The highest BCUT2D eigenvalue weighted by Gasteiger charge is 2.20. The number of carbonyl (C=O) groups excluding carboxylic acids is 1. The van der Waals surface area contributed by atoms with Crippen LogP contribution in [0.5, 0.6) is 5.75 Å². The maximum absolute atomic E-state index is 12.5. The van der Waals surface area contributed by atoms with Gasteiger partial charge in [-0.2, -0.15) is 0 Å². The van der Waals surface area contributed by atoms with Crippen LogP contribution in [0.2, 0.25) is 5.02 Å². The number of rotatable bonds is 8. The summed E-state index contributed by atoms with van der Waals surface area (Å²) in [6.45, 7) is 0.218. The normalized spacial score (nSPS) is 11.4. The monoisotopic (exact) mass is 397 g/mol. The fourth-order valence-corrected chi connectivity index (χ4v) is 3.49. The molecule has 0 bridgehead atoms. The number of ether oxygens (including phenoxy) is 1. The van der Waals surface area contributed by atoms with Gasteiger partial charge < -0.3 is 10.1 Å². The van der Waals surface area contributed by atoms with E-state index in [1.807, 2.05) is 0 Å². The Balaban J connectivity index is 1.85. The number of methoxy groups -OCH3 is 1. The van der Waals surface area contributed by atoms with Crippen molar-refractivity contribution in [1.82, 2.24) is 9.29 Å². The van der Waals surface area contributed by atoms with Gasteiger partial charge in [-0.3, -0.25) is 4.79 Å². The Labute approximate surface area is 158 Å². The van der Waals surface area contributed by atoms with E-state index in [1.54, 1.807) is 24.3 Å². The smallest absolute Gasteiger partial charge is 0.242 e. The molecule has 0 aliphatic rings. The minimum Gasteiger partial charge on any atom is -0.497 e. The molecule has 0 aliphatic heterocycles. The van der Waals surface area contributed by atoms with Crippen molar-refractivity contribution in [3.05, 3.63) is 47.6 Å². The lowest BCUT2D eigenvalue weighted by Gasteiger charge is -2.17. The lowest BCUT2D eigenvalue weighted by Crippen LogP contribution is -2.28. The van der Waals surface area contributed by atoms with Gasteiger partial charge in [-0.05, 0) is 42.8 Å². The molecule has 0 unspecified atom stereocenters. The quantitative estimate of drug-likeness (QED) is 0.739. The van der Waals surface area contributed by atoms with Crippen molar-refractivity contribution in [2.45, 2.75) is 17.7 Å². The van der Waals surface area contributed by atoms with Crippen molar-refractivity contribution in [1.29, 1.82) is 0 Å². The van der Waals surface area contributed by atoms with Crippen molar-refractivity contribution in [2.75, 3.05) is 26.0 Å². The van der Waals surface area contributed by atoms with E-state index in [0.29, 0.717) is 23.0 Å². The molecule has 0 aliphatic carbocycles. The second kappa shape index (κ2) is 8.98. The van der Waals surface area contributed by atoms with E-state index >= 15 is 0 Å². The molecular weight excluding hydrogens is 378 g/mol. The van der Waals surface area contributed by atoms with Gasteiger partial charge in [0.1, 0.15) is 11.6 Å². The summed E-state index contributed by atoms with van der Waals surface area (Å²) in [4.78, 5) is 16.1. The van der Waals surface area contributed by atoms with E-state index in [9.17, 15) is 13.2 Å². The van der Waals surface area contributed by atoms with Crippen molar-refractivity contribution in [3.8, 4) is 5.75 Å². The number of pyridine rings is 1. The highest BCUT2D eigenvalue weighted by molar-refractivity contribution is 7.89.